The summed E-state index contributed by atoms with van der Waals surface area (Å²) in [5.41, 5.74) is 3.38. The maximum absolute atomic E-state index is 15.2. The molecule has 9 heteroatoms. The molecule has 4 heterocycles. The molecule has 1 aromatic heterocycles. The van der Waals surface area contributed by atoms with Crippen molar-refractivity contribution in [2.24, 2.45) is 4.99 Å². The summed E-state index contributed by atoms with van der Waals surface area (Å²) in [7, 11) is 0. The van der Waals surface area contributed by atoms with Gasteiger partial charge in [-0.1, -0.05) is 13.8 Å². The fraction of sp³-hybridized carbons (Fsp3) is 0.609. The average molecular weight is 445 g/mol. The normalized spacial score (nSPS) is 26.4. The number of hydrogen-bond acceptors (Lipinski definition) is 6. The third-order valence-electron chi connectivity index (χ3n) is 6.63. The van der Waals surface area contributed by atoms with Gasteiger partial charge in [-0.2, -0.15) is 0 Å². The summed E-state index contributed by atoms with van der Waals surface area (Å²) in [6.45, 7) is 12.5. The number of hydrogen-bond donors (Lipinski definition) is 2. The van der Waals surface area contributed by atoms with Crippen molar-refractivity contribution in [1.29, 1.82) is 0 Å². The monoisotopic (exact) mass is 444 g/mol. The third kappa shape index (κ3) is 3.83. The lowest BCUT2D eigenvalue weighted by Crippen LogP contribution is -2.61. The van der Waals surface area contributed by atoms with Crippen molar-refractivity contribution in [3.05, 3.63) is 35.0 Å². The predicted octanol–water partition coefficient (Wildman–Crippen LogP) is 3.23. The molecule has 3 aliphatic rings. The van der Waals surface area contributed by atoms with E-state index >= 15 is 4.39 Å². The molecule has 0 aliphatic carbocycles. The first kappa shape index (κ1) is 22.5. The molecule has 0 saturated carbocycles. The fourth-order valence-corrected chi connectivity index (χ4v) is 5.04. The van der Waals surface area contributed by atoms with Gasteiger partial charge in [0.1, 0.15) is 23.5 Å². The van der Waals surface area contributed by atoms with Gasteiger partial charge in [0, 0.05) is 49.2 Å². The van der Waals surface area contributed by atoms with Crippen LogP contribution in [0.25, 0.3) is 0 Å². The molecule has 3 atom stereocenters. The minimum atomic E-state index is -0.885. The molecule has 2 N–H and O–H groups in total. The van der Waals surface area contributed by atoms with Crippen LogP contribution in [-0.4, -0.2) is 76.2 Å². The van der Waals surface area contributed by atoms with Gasteiger partial charge in [0.25, 0.3) is 0 Å². The topological polar surface area (TPSA) is 84.3 Å². The summed E-state index contributed by atoms with van der Waals surface area (Å²) < 4.78 is 15.2. The maximum atomic E-state index is 15.2. The van der Waals surface area contributed by atoms with E-state index in [1.165, 1.54) is 17.2 Å². The largest absolute Gasteiger partial charge is 0.465 e. The highest BCUT2D eigenvalue weighted by molar-refractivity contribution is 6.01. The van der Waals surface area contributed by atoms with E-state index in [-0.39, 0.29) is 30.0 Å². The maximum Gasteiger partial charge on any atom is 0.407 e. The lowest BCUT2D eigenvalue weighted by atomic mass is 9.97. The Hall–Kier alpha value is -2.68. The Morgan fingerprint density at radius 3 is 2.69 bits per heavy atom. The summed E-state index contributed by atoms with van der Waals surface area (Å²) in [6, 6.07) is 1.29. The number of rotatable bonds is 2. The van der Waals surface area contributed by atoms with Crippen molar-refractivity contribution < 1.29 is 14.3 Å². The standard InChI is InChI=1S/C23H33FN6O2/c1-13(2)20-21(18(24)7-9-26-20)30-16(5)27-22(17-6-8-25-10-19(17)30)28-11-15(4)29(23(31)32)12-14(28)3/h7,9,13-16,25H,6,8,10-12H2,1-5H3,(H,31,32)/t14-,15+,16?/m0/s1. The van der Waals surface area contributed by atoms with Gasteiger partial charge in [0.15, 0.2) is 0 Å². The van der Waals surface area contributed by atoms with Gasteiger partial charge in [-0.15, -0.1) is 0 Å². The first-order valence-electron chi connectivity index (χ1n) is 11.4. The molecule has 3 aliphatic heterocycles. The van der Waals surface area contributed by atoms with Crippen LogP contribution in [0.4, 0.5) is 14.9 Å². The molecule has 32 heavy (non-hydrogen) atoms. The van der Waals surface area contributed by atoms with Crippen molar-refractivity contribution in [2.75, 3.05) is 31.1 Å². The van der Waals surface area contributed by atoms with Gasteiger partial charge in [0.2, 0.25) is 0 Å². The molecule has 0 aromatic carbocycles. The lowest BCUT2D eigenvalue weighted by Gasteiger charge is -2.48. The molecule has 1 saturated heterocycles. The van der Waals surface area contributed by atoms with Crippen LogP contribution in [0.5, 0.6) is 0 Å². The van der Waals surface area contributed by atoms with Crippen LogP contribution in [0.1, 0.15) is 52.7 Å². The highest BCUT2D eigenvalue weighted by Gasteiger charge is 2.39. The SMILES string of the molecule is CC(C)c1nccc(F)c1N1C2=C(CCNC2)C(N2C[C@@H](C)N(C(=O)O)C[C@@H]2C)=NC1C. The van der Waals surface area contributed by atoms with E-state index in [0.717, 1.165) is 35.8 Å². The van der Waals surface area contributed by atoms with Crippen LogP contribution >= 0.6 is 0 Å². The van der Waals surface area contributed by atoms with Crippen molar-refractivity contribution in [3.8, 4) is 0 Å². The zero-order valence-electron chi connectivity index (χ0n) is 19.5. The second kappa shape index (κ2) is 8.69. The Morgan fingerprint density at radius 1 is 1.25 bits per heavy atom. The van der Waals surface area contributed by atoms with Crippen LogP contribution < -0.4 is 10.2 Å². The number of aromatic nitrogens is 1. The van der Waals surface area contributed by atoms with Crippen molar-refractivity contribution in [2.45, 2.75) is 65.2 Å². The van der Waals surface area contributed by atoms with E-state index in [2.05, 4.69) is 15.2 Å². The summed E-state index contributed by atoms with van der Waals surface area (Å²) in [5.74, 6) is 0.706. The van der Waals surface area contributed by atoms with Gasteiger partial charge in [-0.25, -0.2) is 14.2 Å². The molecule has 1 fully saturated rings. The second-order valence-electron chi connectivity index (χ2n) is 9.27. The first-order chi connectivity index (χ1) is 15.2. The Bertz CT molecular complexity index is 962. The van der Waals surface area contributed by atoms with E-state index in [4.69, 9.17) is 4.99 Å². The van der Waals surface area contributed by atoms with Crippen LogP contribution in [0, 0.1) is 5.82 Å². The quantitative estimate of drug-likeness (QED) is 0.729. The number of nitrogens with zero attached hydrogens (tertiary/aromatic N) is 5. The molecular weight excluding hydrogens is 411 g/mol. The smallest absolute Gasteiger partial charge is 0.407 e. The zero-order chi connectivity index (χ0) is 23.2. The number of pyridine rings is 1. The van der Waals surface area contributed by atoms with Gasteiger partial charge in [-0.3, -0.25) is 4.98 Å². The summed E-state index contributed by atoms with van der Waals surface area (Å²) in [5, 5.41) is 13.0. The molecular formula is C23H33FN6O2. The molecule has 0 radical (unpaired) electrons. The highest BCUT2D eigenvalue weighted by atomic mass is 19.1. The Labute approximate surface area is 188 Å². The molecule has 4 rings (SSSR count). The molecule has 0 spiro atoms. The van der Waals surface area contributed by atoms with Gasteiger partial charge < -0.3 is 25.1 Å². The van der Waals surface area contributed by atoms with Gasteiger partial charge in [-0.05, 0) is 45.7 Å². The number of anilines is 1. The minimum Gasteiger partial charge on any atom is -0.465 e. The van der Waals surface area contributed by atoms with E-state index in [1.54, 1.807) is 0 Å². The Morgan fingerprint density at radius 2 is 2.00 bits per heavy atom. The molecule has 1 amide bonds. The number of carboxylic acid groups (broad SMARTS) is 1. The molecule has 1 aromatic rings. The van der Waals surface area contributed by atoms with E-state index in [0.29, 0.717) is 25.3 Å². The van der Waals surface area contributed by atoms with Crippen molar-refractivity contribution in [3.63, 3.8) is 0 Å². The predicted molar refractivity (Wildman–Crippen MR) is 123 cm³/mol. The van der Waals surface area contributed by atoms with E-state index in [1.807, 2.05) is 39.5 Å². The van der Waals surface area contributed by atoms with E-state index < -0.39 is 6.09 Å². The van der Waals surface area contributed by atoms with Crippen LogP contribution in [0.15, 0.2) is 28.5 Å². The number of amidine groups is 1. The van der Waals surface area contributed by atoms with E-state index in [9.17, 15) is 9.90 Å². The van der Waals surface area contributed by atoms with Crippen molar-refractivity contribution >= 4 is 17.6 Å². The third-order valence-corrected chi connectivity index (χ3v) is 6.63. The van der Waals surface area contributed by atoms with Gasteiger partial charge >= 0.3 is 6.09 Å². The first-order valence-corrected chi connectivity index (χ1v) is 11.4. The van der Waals surface area contributed by atoms with Gasteiger partial charge in [0.05, 0.1) is 5.69 Å². The number of nitrogens with one attached hydrogen (secondary N) is 1. The number of amides is 1. The molecule has 8 nitrogen and oxygen atoms in total. The number of halogens is 1. The minimum absolute atomic E-state index is 0.00443. The highest BCUT2D eigenvalue weighted by Crippen LogP contribution is 2.38. The van der Waals surface area contributed by atoms with Crippen LogP contribution in [-0.2, 0) is 0 Å². The number of carbonyl (C=O) groups is 1. The van der Waals surface area contributed by atoms with Crippen LogP contribution in [0.2, 0.25) is 0 Å². The summed E-state index contributed by atoms with van der Waals surface area (Å²) in [6.07, 6.45) is 1.12. The lowest BCUT2D eigenvalue weighted by molar-refractivity contribution is 0.0745. The number of piperazine rings is 1. The Balaban J connectivity index is 1.76. The molecule has 174 valence electrons. The summed E-state index contributed by atoms with van der Waals surface area (Å²) in [4.78, 5) is 26.9. The second-order valence-corrected chi connectivity index (χ2v) is 9.27. The average Bonchev–Trinajstić information content (AvgIpc) is 2.75. The molecule has 1 unspecified atom stereocenters. The van der Waals surface area contributed by atoms with Crippen LogP contribution in [0.3, 0.4) is 0 Å². The van der Waals surface area contributed by atoms with Crippen molar-refractivity contribution in [1.82, 2.24) is 20.1 Å². The fourth-order valence-electron chi connectivity index (χ4n) is 5.04. The zero-order valence-corrected chi connectivity index (χ0v) is 19.5. The number of aliphatic imine (C=N–C) groups is 1. The summed E-state index contributed by atoms with van der Waals surface area (Å²) >= 11 is 0. The molecule has 0 bridgehead atoms. The Kier molecular flexibility index (Phi) is 6.11.